The molecule has 1 aliphatic heterocycles. The Labute approximate surface area is 106 Å². The van der Waals surface area contributed by atoms with Gasteiger partial charge < -0.3 is 10.5 Å². The first kappa shape index (κ1) is 13.3. The molecular weight excluding hydrogens is 212 g/mol. The average Bonchev–Trinajstić information content (AvgIpc) is 2.49. The van der Waals surface area contributed by atoms with Crippen molar-refractivity contribution >= 4 is 0 Å². The Morgan fingerprint density at radius 1 is 1.29 bits per heavy atom. The van der Waals surface area contributed by atoms with Crippen LogP contribution < -0.4 is 5.73 Å². The van der Waals surface area contributed by atoms with Crippen molar-refractivity contribution < 1.29 is 4.74 Å². The zero-order valence-electron chi connectivity index (χ0n) is 11.7. The van der Waals surface area contributed by atoms with Gasteiger partial charge in [0.05, 0.1) is 6.61 Å². The van der Waals surface area contributed by atoms with Crippen LogP contribution in [0.1, 0.15) is 40.0 Å². The fourth-order valence-corrected chi connectivity index (χ4v) is 4.11. The van der Waals surface area contributed by atoms with Crippen LogP contribution in [-0.2, 0) is 4.74 Å². The Kier molecular flexibility index (Phi) is 3.81. The van der Waals surface area contributed by atoms with Gasteiger partial charge in [-0.25, -0.2) is 0 Å². The van der Waals surface area contributed by atoms with Crippen molar-refractivity contribution in [1.29, 1.82) is 0 Å². The number of nitrogens with zero attached hydrogens (tertiary/aromatic N) is 1. The van der Waals surface area contributed by atoms with Crippen LogP contribution in [0.3, 0.4) is 0 Å². The Balaban J connectivity index is 2.18. The van der Waals surface area contributed by atoms with E-state index in [1.165, 1.54) is 12.8 Å². The molecule has 1 aliphatic carbocycles. The number of ether oxygens (including phenoxy) is 1. The van der Waals surface area contributed by atoms with E-state index in [-0.39, 0.29) is 5.54 Å². The molecule has 0 amide bonds. The van der Waals surface area contributed by atoms with E-state index in [9.17, 15) is 0 Å². The summed E-state index contributed by atoms with van der Waals surface area (Å²) in [5.41, 5.74) is 6.84. The summed E-state index contributed by atoms with van der Waals surface area (Å²) >= 11 is 0. The molecule has 2 N–H and O–H groups in total. The van der Waals surface area contributed by atoms with Gasteiger partial charge in [0, 0.05) is 31.8 Å². The molecule has 0 aromatic carbocycles. The largest absolute Gasteiger partial charge is 0.380 e. The molecule has 0 aromatic rings. The molecule has 2 unspecified atom stereocenters. The minimum absolute atomic E-state index is 0.219. The summed E-state index contributed by atoms with van der Waals surface area (Å²) in [6.45, 7) is 11.9. The molecule has 1 saturated carbocycles. The molecule has 2 atom stereocenters. The predicted octanol–water partition coefficient (Wildman–Crippen LogP) is 1.86. The lowest BCUT2D eigenvalue weighted by molar-refractivity contribution is 0.0533. The third-order valence-electron chi connectivity index (χ3n) is 4.77. The van der Waals surface area contributed by atoms with Gasteiger partial charge >= 0.3 is 0 Å². The molecule has 0 bridgehead atoms. The Morgan fingerprint density at radius 3 is 2.65 bits per heavy atom. The summed E-state index contributed by atoms with van der Waals surface area (Å²) in [6, 6.07) is 0. The summed E-state index contributed by atoms with van der Waals surface area (Å²) < 4.78 is 5.58. The molecular formula is C14H28N2O. The maximum absolute atomic E-state index is 6.18. The van der Waals surface area contributed by atoms with Crippen LogP contribution in [0.5, 0.6) is 0 Å². The van der Waals surface area contributed by atoms with Gasteiger partial charge in [0.1, 0.15) is 0 Å². The first-order valence-corrected chi connectivity index (χ1v) is 7.03. The molecule has 2 fully saturated rings. The van der Waals surface area contributed by atoms with Crippen molar-refractivity contribution in [1.82, 2.24) is 4.90 Å². The molecule has 0 radical (unpaired) electrons. The van der Waals surface area contributed by atoms with Gasteiger partial charge in [-0.15, -0.1) is 0 Å². The van der Waals surface area contributed by atoms with Gasteiger partial charge in [0.15, 0.2) is 0 Å². The van der Waals surface area contributed by atoms with E-state index in [1.54, 1.807) is 0 Å². The SMILES string of the molecule is CC1CC(C)(C)CC1(CN)N1CCCOCC1. The molecule has 0 aromatic heterocycles. The summed E-state index contributed by atoms with van der Waals surface area (Å²) in [5, 5.41) is 0. The van der Waals surface area contributed by atoms with Gasteiger partial charge in [-0.2, -0.15) is 0 Å². The van der Waals surface area contributed by atoms with Gasteiger partial charge in [-0.3, -0.25) is 4.90 Å². The van der Waals surface area contributed by atoms with Crippen molar-refractivity contribution in [2.75, 3.05) is 32.8 Å². The van der Waals surface area contributed by atoms with E-state index in [0.717, 1.165) is 39.3 Å². The lowest BCUT2D eigenvalue weighted by Gasteiger charge is -2.44. The highest BCUT2D eigenvalue weighted by Crippen LogP contribution is 2.50. The number of hydrogen-bond acceptors (Lipinski definition) is 3. The minimum atomic E-state index is 0.219. The Hall–Kier alpha value is -0.120. The monoisotopic (exact) mass is 240 g/mol. The molecule has 3 heteroatoms. The van der Waals surface area contributed by atoms with Gasteiger partial charge in [0.25, 0.3) is 0 Å². The zero-order valence-corrected chi connectivity index (χ0v) is 11.7. The maximum Gasteiger partial charge on any atom is 0.0593 e. The summed E-state index contributed by atoms with van der Waals surface area (Å²) in [5.74, 6) is 0.695. The molecule has 1 heterocycles. The van der Waals surface area contributed by atoms with Crippen LogP contribution in [0.2, 0.25) is 0 Å². The fraction of sp³-hybridized carbons (Fsp3) is 1.00. The van der Waals surface area contributed by atoms with Crippen LogP contribution in [0.4, 0.5) is 0 Å². The van der Waals surface area contributed by atoms with Crippen LogP contribution in [0, 0.1) is 11.3 Å². The van der Waals surface area contributed by atoms with E-state index in [2.05, 4.69) is 25.7 Å². The van der Waals surface area contributed by atoms with Crippen LogP contribution in [0.25, 0.3) is 0 Å². The molecule has 3 nitrogen and oxygen atoms in total. The van der Waals surface area contributed by atoms with E-state index >= 15 is 0 Å². The van der Waals surface area contributed by atoms with E-state index in [1.807, 2.05) is 0 Å². The Bertz CT molecular complexity index is 259. The molecule has 2 aliphatic rings. The standard InChI is InChI=1S/C14H28N2O/c1-12-9-13(2,3)10-14(12,11-15)16-5-4-7-17-8-6-16/h12H,4-11,15H2,1-3H3. The van der Waals surface area contributed by atoms with Crippen molar-refractivity contribution in [3.8, 4) is 0 Å². The molecule has 17 heavy (non-hydrogen) atoms. The number of rotatable bonds is 2. The second-order valence-corrected chi connectivity index (χ2v) is 6.71. The quantitative estimate of drug-likeness (QED) is 0.801. The van der Waals surface area contributed by atoms with Crippen LogP contribution in [-0.4, -0.2) is 43.3 Å². The van der Waals surface area contributed by atoms with Crippen molar-refractivity contribution in [2.24, 2.45) is 17.1 Å². The highest BCUT2D eigenvalue weighted by atomic mass is 16.5. The van der Waals surface area contributed by atoms with E-state index < -0.39 is 0 Å². The van der Waals surface area contributed by atoms with Crippen LogP contribution >= 0.6 is 0 Å². The highest BCUT2D eigenvalue weighted by Gasteiger charge is 2.50. The third-order valence-corrected chi connectivity index (χ3v) is 4.77. The number of hydrogen-bond donors (Lipinski definition) is 1. The fourth-order valence-electron chi connectivity index (χ4n) is 4.11. The van der Waals surface area contributed by atoms with Gasteiger partial charge in [-0.1, -0.05) is 20.8 Å². The second-order valence-electron chi connectivity index (χ2n) is 6.71. The first-order valence-electron chi connectivity index (χ1n) is 7.03. The van der Waals surface area contributed by atoms with E-state index in [0.29, 0.717) is 11.3 Å². The van der Waals surface area contributed by atoms with E-state index in [4.69, 9.17) is 10.5 Å². The molecule has 0 spiro atoms. The summed E-state index contributed by atoms with van der Waals surface area (Å²) in [6.07, 6.45) is 3.67. The maximum atomic E-state index is 6.18. The third kappa shape index (κ3) is 2.51. The smallest absolute Gasteiger partial charge is 0.0593 e. The lowest BCUT2D eigenvalue weighted by atomic mass is 9.84. The van der Waals surface area contributed by atoms with Crippen molar-refractivity contribution in [3.05, 3.63) is 0 Å². The average molecular weight is 240 g/mol. The minimum Gasteiger partial charge on any atom is -0.380 e. The first-order chi connectivity index (χ1) is 8.00. The normalized spacial score (nSPS) is 39.2. The Morgan fingerprint density at radius 2 is 2.06 bits per heavy atom. The lowest BCUT2D eigenvalue weighted by Crippen LogP contribution is -2.56. The van der Waals surface area contributed by atoms with Crippen molar-refractivity contribution in [3.63, 3.8) is 0 Å². The highest BCUT2D eigenvalue weighted by molar-refractivity contribution is 5.06. The van der Waals surface area contributed by atoms with Crippen molar-refractivity contribution in [2.45, 2.75) is 45.6 Å². The topological polar surface area (TPSA) is 38.5 Å². The van der Waals surface area contributed by atoms with Gasteiger partial charge in [-0.05, 0) is 30.6 Å². The molecule has 2 rings (SSSR count). The second kappa shape index (κ2) is 4.87. The molecule has 100 valence electrons. The predicted molar refractivity (Wildman–Crippen MR) is 71.0 cm³/mol. The van der Waals surface area contributed by atoms with Crippen LogP contribution in [0.15, 0.2) is 0 Å². The summed E-state index contributed by atoms with van der Waals surface area (Å²) in [7, 11) is 0. The molecule has 1 saturated heterocycles. The van der Waals surface area contributed by atoms with Gasteiger partial charge in [0.2, 0.25) is 0 Å². The summed E-state index contributed by atoms with van der Waals surface area (Å²) in [4.78, 5) is 2.62. The zero-order chi connectivity index (χ0) is 12.5. The number of nitrogens with two attached hydrogens (primary N) is 1.